The maximum absolute atomic E-state index is 11.6. The summed E-state index contributed by atoms with van der Waals surface area (Å²) < 4.78 is 11.0. The monoisotopic (exact) mass is 298 g/mol. The predicted molar refractivity (Wildman–Crippen MR) is 87.0 cm³/mol. The van der Waals surface area contributed by atoms with Crippen LogP contribution in [0.15, 0.2) is 54.6 Å². The summed E-state index contributed by atoms with van der Waals surface area (Å²) in [6, 6.07) is 17.1. The second-order valence-electron chi connectivity index (χ2n) is 5.18. The molecule has 0 spiro atoms. The average Bonchev–Trinajstić information content (AvgIpc) is 2.55. The first-order chi connectivity index (χ1) is 10.8. The van der Waals surface area contributed by atoms with Crippen LogP contribution >= 0.6 is 0 Å². The summed E-state index contributed by atoms with van der Waals surface area (Å²) in [5.41, 5.74) is 1.12. The Morgan fingerprint density at radius 3 is 2.27 bits per heavy atom. The molecule has 2 aromatic rings. The SMILES string of the molecule is CCCCCC(=O)Oc1ccc(OCc2ccccc2)cc1. The molecule has 0 fully saturated rings. The second-order valence-corrected chi connectivity index (χ2v) is 5.18. The number of unbranched alkanes of at least 4 members (excludes halogenated alkanes) is 2. The fourth-order valence-electron chi connectivity index (χ4n) is 2.05. The summed E-state index contributed by atoms with van der Waals surface area (Å²) in [7, 11) is 0. The van der Waals surface area contributed by atoms with E-state index in [1.807, 2.05) is 42.5 Å². The van der Waals surface area contributed by atoms with E-state index in [-0.39, 0.29) is 5.97 Å². The van der Waals surface area contributed by atoms with Crippen molar-refractivity contribution in [2.75, 3.05) is 0 Å². The zero-order chi connectivity index (χ0) is 15.6. The lowest BCUT2D eigenvalue weighted by atomic mass is 10.2. The average molecular weight is 298 g/mol. The van der Waals surface area contributed by atoms with Crippen LogP contribution in [0.25, 0.3) is 0 Å². The van der Waals surface area contributed by atoms with Crippen molar-refractivity contribution in [3.8, 4) is 11.5 Å². The normalized spacial score (nSPS) is 10.2. The summed E-state index contributed by atoms with van der Waals surface area (Å²) in [4.78, 5) is 11.6. The fourth-order valence-corrected chi connectivity index (χ4v) is 2.05. The lowest BCUT2D eigenvalue weighted by Crippen LogP contribution is -2.07. The molecule has 0 heterocycles. The van der Waals surface area contributed by atoms with Gasteiger partial charge in [0.1, 0.15) is 18.1 Å². The highest BCUT2D eigenvalue weighted by atomic mass is 16.5. The van der Waals surface area contributed by atoms with Crippen molar-refractivity contribution in [3.05, 3.63) is 60.2 Å². The van der Waals surface area contributed by atoms with Crippen molar-refractivity contribution in [3.63, 3.8) is 0 Å². The molecule has 3 heteroatoms. The van der Waals surface area contributed by atoms with Gasteiger partial charge >= 0.3 is 5.97 Å². The van der Waals surface area contributed by atoms with Crippen LogP contribution < -0.4 is 9.47 Å². The highest BCUT2D eigenvalue weighted by Crippen LogP contribution is 2.19. The van der Waals surface area contributed by atoms with Gasteiger partial charge in [-0.15, -0.1) is 0 Å². The molecule has 2 aromatic carbocycles. The second kappa shape index (κ2) is 8.88. The molecule has 0 aromatic heterocycles. The molecule has 0 aliphatic carbocycles. The van der Waals surface area contributed by atoms with Crippen molar-refractivity contribution < 1.29 is 14.3 Å². The molecule has 0 bridgehead atoms. The molecule has 0 aliphatic rings. The van der Waals surface area contributed by atoms with E-state index in [9.17, 15) is 4.79 Å². The molecule has 0 amide bonds. The van der Waals surface area contributed by atoms with Crippen LogP contribution in [0.5, 0.6) is 11.5 Å². The largest absolute Gasteiger partial charge is 0.489 e. The van der Waals surface area contributed by atoms with E-state index < -0.39 is 0 Å². The minimum absolute atomic E-state index is 0.175. The highest BCUT2D eigenvalue weighted by molar-refractivity contribution is 5.72. The van der Waals surface area contributed by atoms with Crippen LogP contribution in [-0.4, -0.2) is 5.97 Å². The lowest BCUT2D eigenvalue weighted by Gasteiger charge is -2.08. The van der Waals surface area contributed by atoms with Crippen LogP contribution in [-0.2, 0) is 11.4 Å². The number of hydrogen-bond donors (Lipinski definition) is 0. The predicted octanol–water partition coefficient (Wildman–Crippen LogP) is 4.75. The molecule has 0 atom stereocenters. The van der Waals surface area contributed by atoms with Crippen molar-refractivity contribution >= 4 is 5.97 Å². The van der Waals surface area contributed by atoms with E-state index in [2.05, 4.69) is 6.92 Å². The molecule has 0 saturated carbocycles. The molecule has 0 saturated heterocycles. The number of carbonyl (C=O) groups is 1. The number of benzene rings is 2. The van der Waals surface area contributed by atoms with Gasteiger partial charge < -0.3 is 9.47 Å². The van der Waals surface area contributed by atoms with E-state index in [0.717, 1.165) is 30.6 Å². The fraction of sp³-hybridized carbons (Fsp3) is 0.316. The Morgan fingerprint density at radius 1 is 0.909 bits per heavy atom. The molecular weight excluding hydrogens is 276 g/mol. The Morgan fingerprint density at radius 2 is 1.59 bits per heavy atom. The third-order valence-electron chi connectivity index (χ3n) is 3.29. The van der Waals surface area contributed by atoms with E-state index >= 15 is 0 Å². The Kier molecular flexibility index (Phi) is 6.49. The molecule has 3 nitrogen and oxygen atoms in total. The summed E-state index contributed by atoms with van der Waals surface area (Å²) in [6.45, 7) is 2.64. The van der Waals surface area contributed by atoms with Gasteiger partial charge in [0.2, 0.25) is 0 Å². The quantitative estimate of drug-likeness (QED) is 0.401. The number of rotatable bonds is 8. The minimum atomic E-state index is -0.175. The first-order valence-corrected chi connectivity index (χ1v) is 7.75. The standard InChI is InChI=1S/C19H22O3/c1-2-3-5-10-19(20)22-18-13-11-17(12-14-18)21-15-16-8-6-4-7-9-16/h4,6-9,11-14H,2-3,5,10,15H2,1H3. The molecule has 0 aliphatic heterocycles. The molecule has 22 heavy (non-hydrogen) atoms. The Labute approximate surface area is 131 Å². The van der Waals surface area contributed by atoms with E-state index in [1.165, 1.54) is 0 Å². The number of ether oxygens (including phenoxy) is 2. The third-order valence-corrected chi connectivity index (χ3v) is 3.29. The molecule has 0 unspecified atom stereocenters. The molecule has 0 radical (unpaired) electrons. The van der Waals surface area contributed by atoms with Crippen molar-refractivity contribution in [2.24, 2.45) is 0 Å². The zero-order valence-electron chi connectivity index (χ0n) is 13.0. The maximum atomic E-state index is 11.6. The van der Waals surface area contributed by atoms with Gasteiger partial charge in [-0.3, -0.25) is 4.79 Å². The third kappa shape index (κ3) is 5.60. The van der Waals surface area contributed by atoms with Crippen LogP contribution in [0.1, 0.15) is 38.2 Å². The maximum Gasteiger partial charge on any atom is 0.311 e. The zero-order valence-corrected chi connectivity index (χ0v) is 13.0. The van der Waals surface area contributed by atoms with Gasteiger partial charge in [0.25, 0.3) is 0 Å². The van der Waals surface area contributed by atoms with Gasteiger partial charge in [-0.1, -0.05) is 50.1 Å². The van der Waals surface area contributed by atoms with Gasteiger partial charge in [0.05, 0.1) is 0 Å². The summed E-state index contributed by atoms with van der Waals surface area (Å²) in [6.07, 6.45) is 3.51. The molecular formula is C19H22O3. The number of hydrogen-bond acceptors (Lipinski definition) is 3. The van der Waals surface area contributed by atoms with Crippen molar-refractivity contribution in [1.82, 2.24) is 0 Å². The number of carbonyl (C=O) groups excluding carboxylic acids is 1. The molecule has 2 rings (SSSR count). The van der Waals surface area contributed by atoms with Crippen molar-refractivity contribution in [2.45, 2.75) is 39.2 Å². The van der Waals surface area contributed by atoms with Gasteiger partial charge in [-0.25, -0.2) is 0 Å². The van der Waals surface area contributed by atoms with Crippen LogP contribution in [0.2, 0.25) is 0 Å². The summed E-state index contributed by atoms with van der Waals surface area (Å²) >= 11 is 0. The summed E-state index contributed by atoms with van der Waals surface area (Å²) in [5, 5.41) is 0. The number of esters is 1. The Bertz CT molecular complexity index is 561. The topological polar surface area (TPSA) is 35.5 Å². The summed E-state index contributed by atoms with van der Waals surface area (Å²) in [5.74, 6) is 1.15. The Balaban J connectivity index is 1.79. The van der Waals surface area contributed by atoms with Crippen LogP contribution in [0.3, 0.4) is 0 Å². The molecule has 0 N–H and O–H groups in total. The van der Waals surface area contributed by atoms with Crippen LogP contribution in [0, 0.1) is 0 Å². The van der Waals surface area contributed by atoms with Gasteiger partial charge in [0.15, 0.2) is 0 Å². The lowest BCUT2D eigenvalue weighted by molar-refractivity contribution is -0.134. The van der Waals surface area contributed by atoms with E-state index in [4.69, 9.17) is 9.47 Å². The smallest absolute Gasteiger partial charge is 0.311 e. The van der Waals surface area contributed by atoms with Gasteiger partial charge in [0, 0.05) is 6.42 Å². The minimum Gasteiger partial charge on any atom is -0.489 e. The molecule has 116 valence electrons. The first kappa shape index (κ1) is 16.1. The van der Waals surface area contributed by atoms with Crippen molar-refractivity contribution in [1.29, 1.82) is 0 Å². The highest BCUT2D eigenvalue weighted by Gasteiger charge is 2.04. The van der Waals surface area contributed by atoms with Gasteiger partial charge in [-0.2, -0.15) is 0 Å². The van der Waals surface area contributed by atoms with Crippen LogP contribution in [0.4, 0.5) is 0 Å². The Hall–Kier alpha value is -2.29. The van der Waals surface area contributed by atoms with Gasteiger partial charge in [-0.05, 0) is 36.2 Å². The van der Waals surface area contributed by atoms with E-state index in [0.29, 0.717) is 18.8 Å². The first-order valence-electron chi connectivity index (χ1n) is 7.75. The van der Waals surface area contributed by atoms with E-state index in [1.54, 1.807) is 12.1 Å².